The summed E-state index contributed by atoms with van der Waals surface area (Å²) in [6.45, 7) is 2.44. The summed E-state index contributed by atoms with van der Waals surface area (Å²) in [5.41, 5.74) is 2.31. The van der Waals surface area contributed by atoms with Crippen LogP contribution >= 0.6 is 0 Å². The zero-order valence-electron chi connectivity index (χ0n) is 14.8. The summed E-state index contributed by atoms with van der Waals surface area (Å²) >= 11 is 0. The molecule has 3 aromatic rings. The molecule has 0 spiro atoms. The highest BCUT2D eigenvalue weighted by Crippen LogP contribution is 2.15. The molecule has 2 aromatic carbocycles. The predicted octanol–water partition coefficient (Wildman–Crippen LogP) is 1.71. The van der Waals surface area contributed by atoms with E-state index in [1.807, 2.05) is 31.2 Å². The van der Waals surface area contributed by atoms with Gasteiger partial charge in [-0.3, -0.25) is 9.59 Å². The molecule has 2 N–H and O–H groups in total. The Kier molecular flexibility index (Phi) is 5.78. The van der Waals surface area contributed by atoms with E-state index in [9.17, 15) is 9.59 Å². The molecule has 0 saturated carbocycles. The number of amides is 2. The van der Waals surface area contributed by atoms with Crippen LogP contribution < -0.4 is 15.4 Å². The van der Waals surface area contributed by atoms with Crippen LogP contribution in [0.4, 0.5) is 5.69 Å². The molecule has 1 aromatic heterocycles. The second kappa shape index (κ2) is 8.61. The molecule has 2 amide bonds. The first-order valence-electron chi connectivity index (χ1n) is 8.36. The molecule has 0 aliphatic heterocycles. The van der Waals surface area contributed by atoms with Gasteiger partial charge in [0, 0.05) is 5.69 Å². The second-order valence-corrected chi connectivity index (χ2v) is 5.71. The van der Waals surface area contributed by atoms with Gasteiger partial charge in [0.25, 0.3) is 0 Å². The van der Waals surface area contributed by atoms with Crippen molar-refractivity contribution in [1.29, 1.82) is 0 Å². The van der Waals surface area contributed by atoms with E-state index in [0.29, 0.717) is 5.69 Å². The fourth-order valence-corrected chi connectivity index (χ4v) is 2.35. The number of ether oxygens (including phenoxy) is 1. The third-order valence-corrected chi connectivity index (χ3v) is 3.75. The molecule has 0 unspecified atom stereocenters. The van der Waals surface area contributed by atoms with Crippen LogP contribution in [0.15, 0.2) is 61.2 Å². The van der Waals surface area contributed by atoms with Crippen LogP contribution in [0.3, 0.4) is 0 Å². The maximum absolute atomic E-state index is 12.0. The number of anilines is 1. The molecule has 0 fully saturated rings. The molecule has 27 heavy (non-hydrogen) atoms. The monoisotopic (exact) mass is 365 g/mol. The lowest BCUT2D eigenvalue weighted by Crippen LogP contribution is -2.37. The minimum atomic E-state index is -0.737. The van der Waals surface area contributed by atoms with E-state index >= 15 is 0 Å². The van der Waals surface area contributed by atoms with E-state index < -0.39 is 11.8 Å². The lowest BCUT2D eigenvalue weighted by atomic mass is 10.2. The van der Waals surface area contributed by atoms with E-state index in [-0.39, 0.29) is 13.2 Å². The zero-order chi connectivity index (χ0) is 19.1. The minimum absolute atomic E-state index is 0.228. The first-order chi connectivity index (χ1) is 13.1. The summed E-state index contributed by atoms with van der Waals surface area (Å²) in [7, 11) is 0. The highest BCUT2D eigenvalue weighted by atomic mass is 16.5. The normalized spacial score (nSPS) is 10.3. The van der Waals surface area contributed by atoms with Gasteiger partial charge in [-0.1, -0.05) is 18.2 Å². The number of aromatic nitrogens is 3. The molecular weight excluding hydrogens is 346 g/mol. The summed E-state index contributed by atoms with van der Waals surface area (Å²) in [6, 6.07) is 14.5. The largest absolute Gasteiger partial charge is 0.491 e. The number of rotatable bonds is 6. The third-order valence-electron chi connectivity index (χ3n) is 3.75. The lowest BCUT2D eigenvalue weighted by molar-refractivity contribution is -0.136. The van der Waals surface area contributed by atoms with Crippen LogP contribution in [0.5, 0.6) is 5.75 Å². The average Bonchev–Trinajstić information content (AvgIpc) is 3.21. The van der Waals surface area contributed by atoms with Crippen LogP contribution in [0.2, 0.25) is 0 Å². The molecule has 3 rings (SSSR count). The summed E-state index contributed by atoms with van der Waals surface area (Å²) < 4.78 is 7.16. The molecule has 138 valence electrons. The van der Waals surface area contributed by atoms with Crippen molar-refractivity contribution in [2.75, 3.05) is 18.5 Å². The van der Waals surface area contributed by atoms with Gasteiger partial charge >= 0.3 is 11.8 Å². The lowest BCUT2D eigenvalue weighted by Gasteiger charge is -2.10. The van der Waals surface area contributed by atoms with E-state index in [2.05, 4.69) is 20.7 Å². The highest BCUT2D eigenvalue weighted by molar-refractivity contribution is 6.39. The van der Waals surface area contributed by atoms with Gasteiger partial charge in [0.1, 0.15) is 25.0 Å². The SMILES string of the molecule is Cc1ccccc1OCCNC(=O)C(=O)Nc1ccc(-n2cncn2)cc1. The molecule has 8 nitrogen and oxygen atoms in total. The number of benzene rings is 2. The Bertz CT molecular complexity index is 907. The van der Waals surface area contributed by atoms with Gasteiger partial charge in [-0.25, -0.2) is 9.67 Å². The molecule has 1 heterocycles. The van der Waals surface area contributed by atoms with Gasteiger partial charge in [-0.2, -0.15) is 5.10 Å². The number of carbonyl (C=O) groups is 2. The van der Waals surface area contributed by atoms with E-state index in [0.717, 1.165) is 17.0 Å². The number of nitrogens with one attached hydrogen (secondary N) is 2. The third kappa shape index (κ3) is 4.91. The van der Waals surface area contributed by atoms with Crippen molar-refractivity contribution < 1.29 is 14.3 Å². The fraction of sp³-hybridized carbons (Fsp3) is 0.158. The van der Waals surface area contributed by atoms with Gasteiger partial charge < -0.3 is 15.4 Å². The standard InChI is InChI=1S/C19H19N5O3/c1-14-4-2-3-5-17(14)27-11-10-21-18(25)19(26)23-15-6-8-16(9-7-15)24-13-20-12-22-24/h2-9,12-13H,10-11H2,1H3,(H,21,25)(H,23,26). The number of hydrogen-bond acceptors (Lipinski definition) is 5. The Morgan fingerprint density at radius 1 is 1.07 bits per heavy atom. The molecule has 0 saturated heterocycles. The van der Waals surface area contributed by atoms with Crippen LogP contribution in [0.1, 0.15) is 5.56 Å². The van der Waals surface area contributed by atoms with Crippen molar-refractivity contribution in [3.05, 3.63) is 66.7 Å². The number of hydrogen-bond donors (Lipinski definition) is 2. The van der Waals surface area contributed by atoms with Gasteiger partial charge in [0.05, 0.1) is 12.2 Å². The summed E-state index contributed by atoms with van der Waals surface area (Å²) in [5.74, 6) is -0.702. The van der Waals surface area contributed by atoms with Crippen molar-refractivity contribution in [3.63, 3.8) is 0 Å². The van der Waals surface area contributed by atoms with Crippen molar-refractivity contribution >= 4 is 17.5 Å². The number of aryl methyl sites for hydroxylation is 1. The molecule has 0 bridgehead atoms. The molecule has 0 radical (unpaired) electrons. The van der Waals surface area contributed by atoms with Crippen LogP contribution in [0, 0.1) is 6.92 Å². The van der Waals surface area contributed by atoms with Gasteiger partial charge in [-0.05, 0) is 42.8 Å². The quantitative estimate of drug-likeness (QED) is 0.512. The highest BCUT2D eigenvalue weighted by Gasteiger charge is 2.13. The van der Waals surface area contributed by atoms with Gasteiger partial charge in [0.15, 0.2) is 0 Å². The van der Waals surface area contributed by atoms with Crippen LogP contribution in [0.25, 0.3) is 5.69 Å². The Balaban J connectivity index is 1.44. The maximum Gasteiger partial charge on any atom is 0.313 e. The second-order valence-electron chi connectivity index (χ2n) is 5.71. The molecule has 0 atom stereocenters. The number of para-hydroxylation sites is 1. The summed E-state index contributed by atoms with van der Waals surface area (Å²) in [4.78, 5) is 27.7. The Hall–Kier alpha value is -3.68. The van der Waals surface area contributed by atoms with Crippen LogP contribution in [-0.4, -0.2) is 39.7 Å². The van der Waals surface area contributed by atoms with Crippen LogP contribution in [-0.2, 0) is 9.59 Å². The van der Waals surface area contributed by atoms with Gasteiger partial charge in [-0.15, -0.1) is 0 Å². The minimum Gasteiger partial charge on any atom is -0.491 e. The smallest absolute Gasteiger partial charge is 0.313 e. The van der Waals surface area contributed by atoms with E-state index in [1.54, 1.807) is 35.3 Å². The first-order valence-corrected chi connectivity index (χ1v) is 8.36. The number of carbonyl (C=O) groups excluding carboxylic acids is 2. The molecule has 0 aliphatic rings. The number of nitrogens with zero attached hydrogens (tertiary/aromatic N) is 3. The van der Waals surface area contributed by atoms with Crippen molar-refractivity contribution in [2.24, 2.45) is 0 Å². The Morgan fingerprint density at radius 2 is 1.85 bits per heavy atom. The Morgan fingerprint density at radius 3 is 2.56 bits per heavy atom. The van der Waals surface area contributed by atoms with Crippen molar-refractivity contribution in [1.82, 2.24) is 20.1 Å². The Labute approximate surface area is 156 Å². The average molecular weight is 365 g/mol. The van der Waals surface area contributed by atoms with Crippen molar-refractivity contribution in [3.8, 4) is 11.4 Å². The predicted molar refractivity (Wildman–Crippen MR) is 99.7 cm³/mol. The zero-order valence-corrected chi connectivity index (χ0v) is 14.8. The van der Waals surface area contributed by atoms with E-state index in [4.69, 9.17) is 4.74 Å². The summed E-state index contributed by atoms with van der Waals surface area (Å²) in [5, 5.41) is 9.09. The molecule has 8 heteroatoms. The summed E-state index contributed by atoms with van der Waals surface area (Å²) in [6.07, 6.45) is 3.00. The molecule has 0 aliphatic carbocycles. The first kappa shape index (κ1) is 18.1. The van der Waals surface area contributed by atoms with Gasteiger partial charge in [0.2, 0.25) is 0 Å². The molecular formula is C19H19N5O3. The fourth-order valence-electron chi connectivity index (χ4n) is 2.35. The van der Waals surface area contributed by atoms with E-state index in [1.165, 1.54) is 6.33 Å². The van der Waals surface area contributed by atoms with Crippen molar-refractivity contribution in [2.45, 2.75) is 6.92 Å². The maximum atomic E-state index is 12.0. The topological polar surface area (TPSA) is 98.1 Å².